The maximum absolute atomic E-state index is 13.3. The molecule has 2 aromatic carbocycles. The number of benzene rings is 2. The number of rotatable bonds is 3. The fraction of sp³-hybridized carbons (Fsp3) is 0.0714. The van der Waals surface area contributed by atoms with Gasteiger partial charge in [-0.25, -0.2) is 4.39 Å². The molecule has 3 nitrogen and oxygen atoms in total. The number of methoxy groups -OCH3 is 1. The molecule has 0 fully saturated rings. The van der Waals surface area contributed by atoms with Gasteiger partial charge in [0.05, 0.1) is 18.4 Å². The molecule has 2 aromatic rings. The number of hydrogen-bond acceptors (Lipinski definition) is 2. The smallest absolute Gasteiger partial charge is 0.259 e. The summed E-state index contributed by atoms with van der Waals surface area (Å²) < 4.78 is 19.9. The summed E-state index contributed by atoms with van der Waals surface area (Å²) in [6.45, 7) is 0. The molecule has 2 rings (SSSR count). The van der Waals surface area contributed by atoms with E-state index in [0.29, 0.717) is 11.4 Å². The molecule has 1 N–H and O–H groups in total. The maximum Gasteiger partial charge on any atom is 0.259 e. The second kappa shape index (κ2) is 6.37. The molecule has 20 heavy (non-hydrogen) atoms. The summed E-state index contributed by atoms with van der Waals surface area (Å²) in [5, 5.41) is 2.71. The van der Waals surface area contributed by atoms with Crippen LogP contribution in [0, 0.1) is 5.82 Å². The van der Waals surface area contributed by atoms with Gasteiger partial charge >= 0.3 is 0 Å². The van der Waals surface area contributed by atoms with Crippen LogP contribution in [0.1, 0.15) is 10.4 Å². The highest BCUT2D eigenvalue weighted by atomic mass is 79.9. The summed E-state index contributed by atoms with van der Waals surface area (Å²) in [6, 6.07) is 9.17. The van der Waals surface area contributed by atoms with E-state index in [9.17, 15) is 9.18 Å². The van der Waals surface area contributed by atoms with Gasteiger partial charge in [-0.3, -0.25) is 4.79 Å². The van der Waals surface area contributed by atoms with Gasteiger partial charge < -0.3 is 10.1 Å². The van der Waals surface area contributed by atoms with Crippen LogP contribution < -0.4 is 10.1 Å². The van der Waals surface area contributed by atoms with E-state index >= 15 is 0 Å². The summed E-state index contributed by atoms with van der Waals surface area (Å²) in [5.74, 6) is -0.626. The van der Waals surface area contributed by atoms with Gasteiger partial charge in [0.15, 0.2) is 0 Å². The molecular formula is C14H10Br2FNO2. The molecule has 0 saturated heterocycles. The predicted octanol–water partition coefficient (Wildman–Crippen LogP) is 4.61. The Labute approximate surface area is 132 Å². The highest BCUT2D eigenvalue weighted by Gasteiger charge is 2.14. The SMILES string of the molecule is COc1ccc(F)cc1C(=O)Nc1cc(Br)ccc1Br. The molecule has 0 radical (unpaired) electrons. The van der Waals surface area contributed by atoms with Crippen molar-refractivity contribution in [1.29, 1.82) is 0 Å². The van der Waals surface area contributed by atoms with Crippen molar-refractivity contribution in [2.45, 2.75) is 0 Å². The monoisotopic (exact) mass is 401 g/mol. The first kappa shape index (κ1) is 15.0. The van der Waals surface area contributed by atoms with Gasteiger partial charge in [-0.05, 0) is 52.3 Å². The Morgan fingerprint density at radius 2 is 1.95 bits per heavy atom. The lowest BCUT2D eigenvalue weighted by Crippen LogP contribution is -2.14. The van der Waals surface area contributed by atoms with Gasteiger partial charge in [0.1, 0.15) is 11.6 Å². The normalized spacial score (nSPS) is 10.2. The van der Waals surface area contributed by atoms with E-state index in [0.717, 1.165) is 15.0 Å². The zero-order chi connectivity index (χ0) is 14.7. The fourth-order valence-electron chi connectivity index (χ4n) is 1.64. The van der Waals surface area contributed by atoms with Crippen LogP contribution in [0.4, 0.5) is 10.1 Å². The van der Waals surface area contributed by atoms with E-state index in [1.807, 2.05) is 6.07 Å². The van der Waals surface area contributed by atoms with Gasteiger partial charge in [-0.1, -0.05) is 15.9 Å². The first-order valence-corrected chi connectivity index (χ1v) is 7.20. The van der Waals surface area contributed by atoms with Gasteiger partial charge in [0.25, 0.3) is 5.91 Å². The summed E-state index contributed by atoms with van der Waals surface area (Å²) in [7, 11) is 1.43. The molecule has 0 heterocycles. The van der Waals surface area contributed by atoms with Gasteiger partial charge in [0.2, 0.25) is 0 Å². The molecule has 0 aliphatic rings. The van der Waals surface area contributed by atoms with Crippen LogP contribution in [0.25, 0.3) is 0 Å². The minimum absolute atomic E-state index is 0.138. The quantitative estimate of drug-likeness (QED) is 0.813. The second-order valence-electron chi connectivity index (χ2n) is 3.92. The molecule has 0 atom stereocenters. The van der Waals surface area contributed by atoms with Crippen molar-refractivity contribution in [3.63, 3.8) is 0 Å². The standard InChI is InChI=1S/C14H10Br2FNO2/c1-20-13-5-3-9(17)7-10(13)14(19)18-12-6-8(15)2-4-11(12)16/h2-7H,1H3,(H,18,19). The maximum atomic E-state index is 13.3. The van der Waals surface area contributed by atoms with E-state index in [4.69, 9.17) is 4.74 Å². The van der Waals surface area contributed by atoms with Crippen LogP contribution in [0.5, 0.6) is 5.75 Å². The lowest BCUT2D eigenvalue weighted by molar-refractivity contribution is 0.102. The van der Waals surface area contributed by atoms with E-state index in [-0.39, 0.29) is 5.56 Å². The van der Waals surface area contributed by atoms with Gasteiger partial charge in [-0.15, -0.1) is 0 Å². The highest BCUT2D eigenvalue weighted by molar-refractivity contribution is 9.11. The Balaban J connectivity index is 2.32. The van der Waals surface area contributed by atoms with Gasteiger partial charge in [-0.2, -0.15) is 0 Å². The highest BCUT2D eigenvalue weighted by Crippen LogP contribution is 2.28. The third-order valence-corrected chi connectivity index (χ3v) is 3.77. The Bertz CT molecular complexity index is 662. The number of anilines is 1. The molecule has 0 bridgehead atoms. The molecule has 0 unspecified atom stereocenters. The first-order chi connectivity index (χ1) is 9.51. The minimum atomic E-state index is -0.496. The molecule has 0 aliphatic carbocycles. The molecule has 0 aliphatic heterocycles. The van der Waals surface area contributed by atoms with Crippen molar-refractivity contribution in [3.8, 4) is 5.75 Å². The molecule has 0 spiro atoms. The number of ether oxygens (including phenoxy) is 1. The zero-order valence-electron chi connectivity index (χ0n) is 10.4. The van der Waals surface area contributed by atoms with Crippen molar-refractivity contribution in [1.82, 2.24) is 0 Å². The summed E-state index contributed by atoms with van der Waals surface area (Å²) in [5.41, 5.74) is 0.718. The predicted molar refractivity (Wildman–Crippen MR) is 82.7 cm³/mol. The fourth-order valence-corrected chi connectivity index (χ4v) is 2.35. The van der Waals surface area contributed by atoms with Crippen molar-refractivity contribution in [3.05, 3.63) is 56.7 Å². The average molecular weight is 403 g/mol. The van der Waals surface area contributed by atoms with Crippen LogP contribution in [0.3, 0.4) is 0 Å². The largest absolute Gasteiger partial charge is 0.496 e. The number of carbonyl (C=O) groups is 1. The van der Waals surface area contributed by atoms with Crippen LogP contribution in [-0.4, -0.2) is 13.0 Å². The van der Waals surface area contributed by atoms with Crippen molar-refractivity contribution >= 4 is 43.5 Å². The van der Waals surface area contributed by atoms with E-state index in [2.05, 4.69) is 37.2 Å². The molecule has 1 amide bonds. The third kappa shape index (κ3) is 3.37. The first-order valence-electron chi connectivity index (χ1n) is 5.61. The average Bonchev–Trinajstić information content (AvgIpc) is 2.42. The number of hydrogen-bond donors (Lipinski definition) is 1. The zero-order valence-corrected chi connectivity index (χ0v) is 13.6. The topological polar surface area (TPSA) is 38.3 Å². The van der Waals surface area contributed by atoms with Crippen molar-refractivity contribution < 1.29 is 13.9 Å². The summed E-state index contributed by atoms with van der Waals surface area (Å²) in [4.78, 5) is 12.2. The molecular weight excluding hydrogens is 393 g/mol. The van der Waals surface area contributed by atoms with Crippen molar-refractivity contribution in [2.75, 3.05) is 12.4 Å². The van der Waals surface area contributed by atoms with Crippen LogP contribution in [0.15, 0.2) is 45.3 Å². The lowest BCUT2D eigenvalue weighted by Gasteiger charge is -2.11. The summed E-state index contributed by atoms with van der Waals surface area (Å²) >= 11 is 6.67. The number of nitrogens with one attached hydrogen (secondary N) is 1. The number of amides is 1. The van der Waals surface area contributed by atoms with Crippen molar-refractivity contribution in [2.24, 2.45) is 0 Å². The Kier molecular flexibility index (Phi) is 4.77. The van der Waals surface area contributed by atoms with E-state index in [1.165, 1.54) is 19.2 Å². The lowest BCUT2D eigenvalue weighted by atomic mass is 10.1. The Morgan fingerprint density at radius 3 is 2.65 bits per heavy atom. The van der Waals surface area contributed by atoms with Gasteiger partial charge in [0, 0.05) is 8.95 Å². The molecule has 0 aromatic heterocycles. The minimum Gasteiger partial charge on any atom is -0.496 e. The summed E-state index contributed by atoms with van der Waals surface area (Å²) in [6.07, 6.45) is 0. The van der Waals surface area contributed by atoms with E-state index in [1.54, 1.807) is 12.1 Å². The third-order valence-electron chi connectivity index (χ3n) is 2.58. The Hall–Kier alpha value is -1.40. The number of carbonyl (C=O) groups excluding carboxylic acids is 1. The Morgan fingerprint density at radius 1 is 1.20 bits per heavy atom. The van der Waals surface area contributed by atoms with Crippen LogP contribution >= 0.6 is 31.9 Å². The molecule has 0 saturated carbocycles. The second-order valence-corrected chi connectivity index (χ2v) is 5.69. The molecule has 6 heteroatoms. The van der Waals surface area contributed by atoms with Crippen LogP contribution in [-0.2, 0) is 0 Å². The van der Waals surface area contributed by atoms with Crippen LogP contribution in [0.2, 0.25) is 0 Å². The number of halogens is 3. The molecule has 104 valence electrons. The van der Waals surface area contributed by atoms with E-state index < -0.39 is 11.7 Å².